The molecule has 0 aromatic heterocycles. The van der Waals surface area contributed by atoms with Crippen LogP contribution in [0.3, 0.4) is 0 Å². The predicted octanol–water partition coefficient (Wildman–Crippen LogP) is 2.09. The first kappa shape index (κ1) is 14.7. The number of hydrogen-bond donors (Lipinski definition) is 2. The second-order valence-corrected chi connectivity index (χ2v) is 5.79. The van der Waals surface area contributed by atoms with Gasteiger partial charge in [0, 0.05) is 6.42 Å². The molecule has 0 aliphatic rings. The van der Waals surface area contributed by atoms with E-state index in [1.807, 2.05) is 0 Å². The first-order chi connectivity index (χ1) is 8.30. The molecule has 0 aliphatic heterocycles. The highest BCUT2D eigenvalue weighted by Gasteiger charge is 2.13. The van der Waals surface area contributed by atoms with E-state index in [0.29, 0.717) is 0 Å². The first-order valence-corrected chi connectivity index (χ1v) is 7.00. The molecule has 0 fully saturated rings. The Bertz CT molecular complexity index is 547. The second-order valence-electron chi connectivity index (χ2n) is 3.54. The van der Waals surface area contributed by atoms with Gasteiger partial charge in [-0.3, -0.25) is 9.52 Å². The van der Waals surface area contributed by atoms with Crippen molar-refractivity contribution in [2.24, 2.45) is 0 Å². The van der Waals surface area contributed by atoms with Crippen molar-refractivity contribution < 1.29 is 22.7 Å². The van der Waals surface area contributed by atoms with Crippen LogP contribution in [0.2, 0.25) is 5.02 Å². The van der Waals surface area contributed by atoms with Crippen molar-refractivity contribution in [2.45, 2.75) is 12.8 Å². The Hall–Kier alpha value is -1.34. The van der Waals surface area contributed by atoms with E-state index in [9.17, 15) is 17.6 Å². The fourth-order valence-corrected chi connectivity index (χ4v) is 2.56. The SMILES string of the molecule is O=C(O)CCCS(=O)(=O)Nc1cc(F)ccc1Cl. The topological polar surface area (TPSA) is 83.5 Å². The Kier molecular flexibility index (Phi) is 4.92. The van der Waals surface area contributed by atoms with Gasteiger partial charge >= 0.3 is 5.97 Å². The third-order valence-corrected chi connectivity index (χ3v) is 3.68. The zero-order valence-electron chi connectivity index (χ0n) is 9.19. The predicted molar refractivity (Wildman–Crippen MR) is 65.7 cm³/mol. The average Bonchev–Trinajstić information content (AvgIpc) is 2.22. The monoisotopic (exact) mass is 295 g/mol. The van der Waals surface area contributed by atoms with Gasteiger partial charge in [0.2, 0.25) is 10.0 Å². The van der Waals surface area contributed by atoms with Crippen molar-refractivity contribution in [1.29, 1.82) is 0 Å². The summed E-state index contributed by atoms with van der Waals surface area (Å²) < 4.78 is 38.1. The molecule has 18 heavy (non-hydrogen) atoms. The normalized spacial score (nSPS) is 11.2. The summed E-state index contributed by atoms with van der Waals surface area (Å²) in [5, 5.41) is 8.46. The largest absolute Gasteiger partial charge is 0.481 e. The summed E-state index contributed by atoms with van der Waals surface area (Å²) in [5.41, 5.74) is -0.0630. The van der Waals surface area contributed by atoms with E-state index in [1.165, 1.54) is 6.07 Å². The highest BCUT2D eigenvalue weighted by Crippen LogP contribution is 2.23. The molecule has 0 amide bonds. The summed E-state index contributed by atoms with van der Waals surface area (Å²) in [6.07, 6.45) is -0.282. The molecule has 0 heterocycles. The lowest BCUT2D eigenvalue weighted by atomic mass is 10.3. The Morgan fingerprint density at radius 3 is 2.72 bits per heavy atom. The lowest BCUT2D eigenvalue weighted by Crippen LogP contribution is -2.17. The van der Waals surface area contributed by atoms with E-state index in [-0.39, 0.29) is 29.3 Å². The number of benzene rings is 1. The van der Waals surface area contributed by atoms with Gasteiger partial charge in [0.15, 0.2) is 0 Å². The van der Waals surface area contributed by atoms with Gasteiger partial charge in [0.25, 0.3) is 0 Å². The number of carboxylic acid groups (broad SMARTS) is 1. The van der Waals surface area contributed by atoms with Crippen molar-refractivity contribution in [3.05, 3.63) is 29.0 Å². The van der Waals surface area contributed by atoms with Crippen LogP contribution in [0.5, 0.6) is 0 Å². The quantitative estimate of drug-likeness (QED) is 0.841. The first-order valence-electron chi connectivity index (χ1n) is 4.97. The summed E-state index contributed by atoms with van der Waals surface area (Å²) in [6.45, 7) is 0. The molecule has 100 valence electrons. The van der Waals surface area contributed by atoms with Gasteiger partial charge in [-0.1, -0.05) is 11.6 Å². The maximum Gasteiger partial charge on any atom is 0.303 e. The Morgan fingerprint density at radius 1 is 1.44 bits per heavy atom. The van der Waals surface area contributed by atoms with Gasteiger partial charge in [0.05, 0.1) is 16.5 Å². The van der Waals surface area contributed by atoms with Gasteiger partial charge in [0.1, 0.15) is 5.82 Å². The molecule has 8 heteroatoms. The number of hydrogen-bond acceptors (Lipinski definition) is 3. The standard InChI is InChI=1S/C10H11ClFNO4S/c11-8-4-3-7(12)6-9(8)13-18(16,17)5-1-2-10(14)15/h3-4,6,13H,1-2,5H2,(H,14,15). The van der Waals surface area contributed by atoms with E-state index in [0.717, 1.165) is 12.1 Å². The maximum absolute atomic E-state index is 12.9. The molecule has 0 saturated heterocycles. The van der Waals surface area contributed by atoms with Gasteiger partial charge in [-0.05, 0) is 24.6 Å². The number of rotatable bonds is 6. The molecule has 1 aromatic carbocycles. The number of nitrogens with one attached hydrogen (secondary N) is 1. The molecule has 1 rings (SSSR count). The molecule has 0 spiro atoms. The highest BCUT2D eigenvalue weighted by atomic mass is 35.5. The van der Waals surface area contributed by atoms with Crippen molar-refractivity contribution in [3.8, 4) is 0 Å². The van der Waals surface area contributed by atoms with E-state index < -0.39 is 21.8 Å². The minimum atomic E-state index is -3.73. The smallest absolute Gasteiger partial charge is 0.303 e. The second kappa shape index (κ2) is 6.01. The highest BCUT2D eigenvalue weighted by molar-refractivity contribution is 7.92. The van der Waals surface area contributed by atoms with Gasteiger partial charge in [-0.25, -0.2) is 12.8 Å². The maximum atomic E-state index is 12.9. The van der Waals surface area contributed by atoms with Crippen molar-refractivity contribution in [2.75, 3.05) is 10.5 Å². The van der Waals surface area contributed by atoms with E-state index in [1.54, 1.807) is 0 Å². The van der Waals surface area contributed by atoms with Crippen LogP contribution < -0.4 is 4.72 Å². The number of sulfonamides is 1. The zero-order valence-corrected chi connectivity index (χ0v) is 10.8. The summed E-state index contributed by atoms with van der Waals surface area (Å²) in [6, 6.07) is 3.29. The summed E-state index contributed by atoms with van der Waals surface area (Å²) >= 11 is 5.70. The number of anilines is 1. The Morgan fingerprint density at radius 2 is 2.11 bits per heavy atom. The van der Waals surface area contributed by atoms with E-state index >= 15 is 0 Å². The van der Waals surface area contributed by atoms with Crippen LogP contribution in [-0.4, -0.2) is 25.2 Å². The Balaban J connectivity index is 2.70. The van der Waals surface area contributed by atoms with E-state index in [2.05, 4.69) is 4.72 Å². The summed E-state index contributed by atoms with van der Waals surface area (Å²) in [5.74, 6) is -2.07. The molecule has 0 saturated carbocycles. The number of halogens is 2. The zero-order chi connectivity index (χ0) is 13.8. The molecule has 0 bridgehead atoms. The van der Waals surface area contributed by atoms with E-state index in [4.69, 9.17) is 16.7 Å². The number of carboxylic acids is 1. The number of carbonyl (C=O) groups is 1. The minimum Gasteiger partial charge on any atom is -0.481 e. The molecular formula is C10H11ClFNO4S. The van der Waals surface area contributed by atoms with Crippen molar-refractivity contribution in [1.82, 2.24) is 0 Å². The fraction of sp³-hybridized carbons (Fsp3) is 0.300. The van der Waals surface area contributed by atoms with Crippen LogP contribution in [0.1, 0.15) is 12.8 Å². The third kappa shape index (κ3) is 4.89. The summed E-state index contributed by atoms with van der Waals surface area (Å²) in [7, 11) is -3.73. The molecule has 0 aliphatic carbocycles. The van der Waals surface area contributed by atoms with Gasteiger partial charge in [-0.15, -0.1) is 0 Å². The third-order valence-electron chi connectivity index (χ3n) is 2.00. The van der Waals surface area contributed by atoms with Crippen LogP contribution in [0.4, 0.5) is 10.1 Å². The molecule has 0 radical (unpaired) electrons. The van der Waals surface area contributed by atoms with Crippen LogP contribution in [0.15, 0.2) is 18.2 Å². The van der Waals surface area contributed by atoms with Crippen molar-refractivity contribution in [3.63, 3.8) is 0 Å². The molecule has 0 atom stereocenters. The fourth-order valence-electron chi connectivity index (χ4n) is 1.21. The lowest BCUT2D eigenvalue weighted by Gasteiger charge is -2.09. The number of aliphatic carboxylic acids is 1. The lowest BCUT2D eigenvalue weighted by molar-refractivity contribution is -0.137. The van der Waals surface area contributed by atoms with Crippen LogP contribution >= 0.6 is 11.6 Å². The molecule has 0 unspecified atom stereocenters. The van der Waals surface area contributed by atoms with Crippen molar-refractivity contribution >= 4 is 33.3 Å². The molecule has 1 aromatic rings. The van der Waals surface area contributed by atoms with Crippen LogP contribution in [0, 0.1) is 5.82 Å². The molecular weight excluding hydrogens is 285 g/mol. The van der Waals surface area contributed by atoms with Gasteiger partial charge < -0.3 is 5.11 Å². The minimum absolute atomic E-state index is 0.0302. The van der Waals surface area contributed by atoms with Crippen LogP contribution in [0.25, 0.3) is 0 Å². The average molecular weight is 296 g/mol. The van der Waals surface area contributed by atoms with Gasteiger partial charge in [-0.2, -0.15) is 0 Å². The molecule has 2 N–H and O–H groups in total. The molecule has 5 nitrogen and oxygen atoms in total. The Labute approximate surface area is 109 Å². The summed E-state index contributed by atoms with van der Waals surface area (Å²) in [4.78, 5) is 10.3. The van der Waals surface area contributed by atoms with Crippen LogP contribution in [-0.2, 0) is 14.8 Å².